The van der Waals surface area contributed by atoms with Gasteiger partial charge in [0, 0.05) is 4.47 Å². The Hall–Kier alpha value is -1.94. The highest BCUT2D eigenvalue weighted by Crippen LogP contribution is 2.33. The van der Waals surface area contributed by atoms with E-state index in [1.54, 1.807) is 18.2 Å². The molecule has 0 bridgehead atoms. The molecule has 1 heterocycles. The molecule has 1 unspecified atom stereocenters. The fraction of sp³-hybridized carbons (Fsp3) is 0.0667. The average Bonchev–Trinajstić information content (AvgIpc) is 2.71. The van der Waals surface area contributed by atoms with Crippen LogP contribution in [0.15, 0.2) is 58.5 Å². The van der Waals surface area contributed by atoms with Gasteiger partial charge in [-0.1, -0.05) is 34.1 Å². The molecule has 4 heteroatoms. The molecule has 0 spiro atoms. The average molecular weight is 317 g/mol. The molecule has 1 aliphatic carbocycles. The zero-order chi connectivity index (χ0) is 13.4. The van der Waals surface area contributed by atoms with Gasteiger partial charge < -0.3 is 4.74 Å². The minimum absolute atomic E-state index is 0.218. The van der Waals surface area contributed by atoms with Crippen molar-refractivity contribution in [2.24, 2.45) is 5.92 Å². The van der Waals surface area contributed by atoms with Gasteiger partial charge in [-0.25, -0.2) is 0 Å². The third kappa shape index (κ3) is 2.19. The van der Waals surface area contributed by atoms with Crippen molar-refractivity contribution in [3.63, 3.8) is 0 Å². The first-order valence-electron chi connectivity index (χ1n) is 5.76. The van der Waals surface area contributed by atoms with E-state index in [9.17, 15) is 9.59 Å². The zero-order valence-corrected chi connectivity index (χ0v) is 11.4. The summed E-state index contributed by atoms with van der Waals surface area (Å²) in [5.74, 6) is -0.645. The molecular weight excluding hydrogens is 308 g/mol. The van der Waals surface area contributed by atoms with Crippen LogP contribution >= 0.6 is 15.9 Å². The van der Waals surface area contributed by atoms with Crippen molar-refractivity contribution >= 4 is 33.6 Å². The predicted octanol–water partition coefficient (Wildman–Crippen LogP) is 3.03. The maximum atomic E-state index is 12.1. The Bertz CT molecular complexity index is 650. The smallest absolute Gasteiger partial charge is 0.216 e. The third-order valence-electron chi connectivity index (χ3n) is 2.99. The van der Waals surface area contributed by atoms with E-state index in [-0.39, 0.29) is 17.3 Å². The highest BCUT2D eigenvalue weighted by atomic mass is 79.9. The van der Waals surface area contributed by atoms with Crippen molar-refractivity contribution in [3.05, 3.63) is 64.0 Å². The molecule has 1 aliphatic heterocycles. The van der Waals surface area contributed by atoms with E-state index in [0.29, 0.717) is 5.76 Å². The van der Waals surface area contributed by atoms with Gasteiger partial charge in [-0.05, 0) is 35.9 Å². The quantitative estimate of drug-likeness (QED) is 0.591. The van der Waals surface area contributed by atoms with E-state index in [0.717, 1.165) is 10.0 Å². The van der Waals surface area contributed by atoms with Gasteiger partial charge in [-0.2, -0.15) is 0 Å². The number of ether oxygens (including phenoxy) is 1. The van der Waals surface area contributed by atoms with Crippen LogP contribution in [0.4, 0.5) is 0 Å². The van der Waals surface area contributed by atoms with Crippen molar-refractivity contribution in [2.75, 3.05) is 0 Å². The van der Waals surface area contributed by atoms with Crippen LogP contribution in [0.1, 0.15) is 5.56 Å². The van der Waals surface area contributed by atoms with Crippen LogP contribution in [-0.2, 0) is 14.3 Å². The molecule has 3 nitrogen and oxygen atoms in total. The number of rotatable bonds is 1. The topological polar surface area (TPSA) is 43.4 Å². The van der Waals surface area contributed by atoms with Gasteiger partial charge in [0.1, 0.15) is 11.7 Å². The molecule has 0 N–H and O–H groups in total. The van der Waals surface area contributed by atoms with Crippen molar-refractivity contribution < 1.29 is 14.3 Å². The first-order valence-corrected chi connectivity index (χ1v) is 6.56. The predicted molar refractivity (Wildman–Crippen MR) is 73.9 cm³/mol. The Kier molecular flexibility index (Phi) is 2.95. The van der Waals surface area contributed by atoms with Crippen LogP contribution in [0.2, 0.25) is 0 Å². The Balaban J connectivity index is 1.94. The summed E-state index contributed by atoms with van der Waals surface area (Å²) in [6.07, 6.45) is 6.32. The fourth-order valence-corrected chi connectivity index (χ4v) is 2.32. The second-order valence-electron chi connectivity index (χ2n) is 4.29. The van der Waals surface area contributed by atoms with E-state index < -0.39 is 5.92 Å². The summed E-state index contributed by atoms with van der Waals surface area (Å²) < 4.78 is 6.43. The minimum Gasteiger partial charge on any atom is -0.457 e. The molecular formula is C15H9BrO3. The number of ketones is 2. The number of carbonyl (C=O) groups is 2. The van der Waals surface area contributed by atoms with Crippen LogP contribution in [0.25, 0.3) is 6.08 Å². The molecule has 1 fully saturated rings. The molecule has 3 rings (SSSR count). The van der Waals surface area contributed by atoms with E-state index in [1.165, 1.54) is 6.08 Å². The van der Waals surface area contributed by atoms with Gasteiger partial charge in [0.2, 0.25) is 5.78 Å². The largest absolute Gasteiger partial charge is 0.457 e. The number of benzene rings is 1. The Morgan fingerprint density at radius 2 is 1.89 bits per heavy atom. The van der Waals surface area contributed by atoms with E-state index in [2.05, 4.69) is 15.9 Å². The Morgan fingerprint density at radius 3 is 2.58 bits per heavy atom. The van der Waals surface area contributed by atoms with Gasteiger partial charge in [-0.3, -0.25) is 9.59 Å². The second kappa shape index (κ2) is 4.63. The third-order valence-corrected chi connectivity index (χ3v) is 3.52. The van der Waals surface area contributed by atoms with Gasteiger partial charge in [0.05, 0.1) is 0 Å². The molecule has 19 heavy (non-hydrogen) atoms. The number of Topliss-reactive ketones (excluding diaryl/α,β-unsaturated/α-hetero) is 1. The summed E-state index contributed by atoms with van der Waals surface area (Å²) >= 11 is 3.35. The maximum absolute atomic E-state index is 12.1. The number of allylic oxidation sites excluding steroid dienone is 5. The molecule has 0 aromatic heterocycles. The first-order chi connectivity index (χ1) is 9.15. The molecule has 2 aliphatic rings. The lowest BCUT2D eigenvalue weighted by Crippen LogP contribution is -2.20. The molecule has 1 aromatic rings. The monoisotopic (exact) mass is 316 g/mol. The fourth-order valence-electron chi connectivity index (χ4n) is 2.05. The lowest BCUT2D eigenvalue weighted by atomic mass is 9.94. The van der Waals surface area contributed by atoms with Crippen LogP contribution < -0.4 is 0 Å². The van der Waals surface area contributed by atoms with Crippen molar-refractivity contribution in [3.8, 4) is 0 Å². The summed E-state index contributed by atoms with van der Waals surface area (Å²) in [7, 11) is 0. The summed E-state index contributed by atoms with van der Waals surface area (Å²) in [5, 5.41) is 0. The summed E-state index contributed by atoms with van der Waals surface area (Å²) in [6.45, 7) is 0. The van der Waals surface area contributed by atoms with Crippen molar-refractivity contribution in [2.45, 2.75) is 0 Å². The lowest BCUT2D eigenvalue weighted by molar-refractivity contribution is -0.125. The van der Waals surface area contributed by atoms with Crippen LogP contribution in [-0.4, -0.2) is 11.6 Å². The standard InChI is InChI=1S/C15H9BrO3/c16-10-6-4-9(5-7-10)8-13-15(18)14-11(17)2-1-3-12(14)19-13/h1-8,14H/b13-8-. The van der Waals surface area contributed by atoms with Gasteiger partial charge in [-0.15, -0.1) is 0 Å². The molecule has 1 aromatic carbocycles. The number of halogens is 1. The second-order valence-corrected chi connectivity index (χ2v) is 5.21. The molecule has 1 atom stereocenters. The Morgan fingerprint density at radius 1 is 1.16 bits per heavy atom. The van der Waals surface area contributed by atoms with Gasteiger partial charge in [0.15, 0.2) is 11.5 Å². The first kappa shape index (κ1) is 12.1. The zero-order valence-electron chi connectivity index (χ0n) is 9.80. The summed E-state index contributed by atoms with van der Waals surface area (Å²) in [5.41, 5.74) is 0.853. The maximum Gasteiger partial charge on any atom is 0.216 e. The highest BCUT2D eigenvalue weighted by Gasteiger charge is 2.41. The molecule has 1 saturated heterocycles. The lowest BCUT2D eigenvalue weighted by Gasteiger charge is -2.05. The highest BCUT2D eigenvalue weighted by molar-refractivity contribution is 9.10. The summed E-state index contributed by atoms with van der Waals surface area (Å²) in [6, 6.07) is 7.49. The molecule has 0 amide bonds. The normalized spacial score (nSPS) is 23.3. The van der Waals surface area contributed by atoms with E-state index >= 15 is 0 Å². The van der Waals surface area contributed by atoms with Gasteiger partial charge in [0.25, 0.3) is 0 Å². The molecule has 0 radical (unpaired) electrons. The molecule has 0 saturated carbocycles. The van der Waals surface area contributed by atoms with Crippen LogP contribution in [0.3, 0.4) is 0 Å². The summed E-state index contributed by atoms with van der Waals surface area (Å²) in [4.78, 5) is 23.8. The van der Waals surface area contributed by atoms with Crippen molar-refractivity contribution in [1.82, 2.24) is 0 Å². The van der Waals surface area contributed by atoms with E-state index in [1.807, 2.05) is 24.3 Å². The van der Waals surface area contributed by atoms with Crippen LogP contribution in [0.5, 0.6) is 0 Å². The SMILES string of the molecule is O=C1C=CC=C2O/C(=C\c3ccc(Br)cc3)C(=O)C12. The Labute approximate surface area is 118 Å². The van der Waals surface area contributed by atoms with E-state index in [4.69, 9.17) is 4.74 Å². The van der Waals surface area contributed by atoms with Crippen molar-refractivity contribution in [1.29, 1.82) is 0 Å². The van der Waals surface area contributed by atoms with Gasteiger partial charge >= 0.3 is 0 Å². The number of hydrogen-bond donors (Lipinski definition) is 0. The molecule has 94 valence electrons. The minimum atomic E-state index is -0.785. The number of fused-ring (bicyclic) bond motifs is 1. The van der Waals surface area contributed by atoms with Crippen LogP contribution in [0, 0.1) is 5.92 Å². The number of hydrogen-bond acceptors (Lipinski definition) is 3. The number of carbonyl (C=O) groups excluding carboxylic acids is 2.